The second kappa shape index (κ2) is 5.77. The number of benzene rings is 2. The lowest BCUT2D eigenvalue weighted by atomic mass is 9.69. The zero-order valence-corrected chi connectivity index (χ0v) is 13.1. The largest absolute Gasteiger partial charge is 0.300 e. The van der Waals surface area contributed by atoms with E-state index in [1.807, 2.05) is 36.4 Å². The molecule has 4 rings (SSSR count). The SMILES string of the molecule is O=C1CCCC[C@H](C2c3ccccc3C(=O)c3ccccc32)C1. The Labute approximate surface area is 136 Å². The lowest BCUT2D eigenvalue weighted by Crippen LogP contribution is -2.25. The van der Waals surface area contributed by atoms with E-state index in [4.69, 9.17) is 0 Å². The summed E-state index contributed by atoms with van der Waals surface area (Å²) >= 11 is 0. The van der Waals surface area contributed by atoms with Gasteiger partial charge in [-0.25, -0.2) is 0 Å². The van der Waals surface area contributed by atoms with Gasteiger partial charge in [0.15, 0.2) is 5.78 Å². The molecule has 2 aromatic rings. The van der Waals surface area contributed by atoms with Gasteiger partial charge in [-0.3, -0.25) is 9.59 Å². The van der Waals surface area contributed by atoms with E-state index >= 15 is 0 Å². The molecule has 2 aromatic carbocycles. The van der Waals surface area contributed by atoms with Crippen LogP contribution in [0.25, 0.3) is 0 Å². The van der Waals surface area contributed by atoms with Crippen LogP contribution in [0.2, 0.25) is 0 Å². The normalized spacial score (nSPS) is 21.5. The molecule has 0 heterocycles. The van der Waals surface area contributed by atoms with Crippen molar-refractivity contribution in [2.45, 2.75) is 38.0 Å². The lowest BCUT2D eigenvalue weighted by Gasteiger charge is -2.33. The maximum atomic E-state index is 12.8. The highest BCUT2D eigenvalue weighted by atomic mass is 16.1. The predicted octanol–water partition coefficient (Wildman–Crippen LogP) is 4.51. The molecule has 0 bridgehead atoms. The van der Waals surface area contributed by atoms with Crippen LogP contribution in [0.15, 0.2) is 48.5 Å². The Morgan fingerprint density at radius 3 is 2.04 bits per heavy atom. The van der Waals surface area contributed by atoms with Crippen LogP contribution in [0.1, 0.15) is 65.1 Å². The first-order valence-electron chi connectivity index (χ1n) is 8.50. The van der Waals surface area contributed by atoms with Crippen molar-refractivity contribution in [2.75, 3.05) is 0 Å². The number of hydrogen-bond acceptors (Lipinski definition) is 2. The number of carbonyl (C=O) groups excluding carboxylic acids is 2. The van der Waals surface area contributed by atoms with Crippen molar-refractivity contribution in [1.29, 1.82) is 0 Å². The van der Waals surface area contributed by atoms with Crippen molar-refractivity contribution in [3.05, 3.63) is 70.8 Å². The van der Waals surface area contributed by atoms with Crippen molar-refractivity contribution < 1.29 is 9.59 Å². The zero-order valence-electron chi connectivity index (χ0n) is 13.1. The highest BCUT2D eigenvalue weighted by molar-refractivity contribution is 6.12. The maximum absolute atomic E-state index is 12.8. The van der Waals surface area contributed by atoms with Crippen molar-refractivity contribution in [2.24, 2.45) is 5.92 Å². The Balaban J connectivity index is 1.87. The number of carbonyl (C=O) groups is 2. The summed E-state index contributed by atoms with van der Waals surface area (Å²) < 4.78 is 0. The minimum atomic E-state index is 0.118. The molecule has 116 valence electrons. The number of Topliss-reactive ketones (excluding diaryl/α,β-unsaturated/α-hetero) is 1. The standard InChI is InChI=1S/C21H20O2/c22-15-8-2-1-7-14(13-15)20-16-9-3-5-11-18(16)21(23)19-12-6-4-10-17(19)20/h3-6,9-12,14,20H,1-2,7-8,13H2/t14-/m0/s1. The van der Waals surface area contributed by atoms with Gasteiger partial charge >= 0.3 is 0 Å². The molecule has 2 aliphatic rings. The summed E-state index contributed by atoms with van der Waals surface area (Å²) in [6.07, 6.45) is 4.52. The summed E-state index contributed by atoms with van der Waals surface area (Å²) in [6, 6.07) is 15.9. The lowest BCUT2D eigenvalue weighted by molar-refractivity contribution is -0.119. The Hall–Kier alpha value is -2.22. The molecule has 1 fully saturated rings. The summed E-state index contributed by atoms with van der Waals surface area (Å²) in [5.41, 5.74) is 3.84. The Bertz CT molecular complexity index is 725. The number of hydrogen-bond donors (Lipinski definition) is 0. The van der Waals surface area contributed by atoms with Crippen LogP contribution in [-0.2, 0) is 4.79 Å². The minimum Gasteiger partial charge on any atom is -0.300 e. The number of rotatable bonds is 1. The van der Waals surface area contributed by atoms with Crippen LogP contribution in [0.5, 0.6) is 0 Å². The Morgan fingerprint density at radius 2 is 1.39 bits per heavy atom. The van der Waals surface area contributed by atoms with Gasteiger partial charge < -0.3 is 0 Å². The van der Waals surface area contributed by atoms with Crippen LogP contribution in [-0.4, -0.2) is 11.6 Å². The third-order valence-electron chi connectivity index (χ3n) is 5.32. The van der Waals surface area contributed by atoms with Gasteiger partial charge in [-0.2, -0.15) is 0 Å². The zero-order chi connectivity index (χ0) is 15.8. The van der Waals surface area contributed by atoms with Crippen molar-refractivity contribution >= 4 is 11.6 Å². The molecular weight excluding hydrogens is 284 g/mol. The summed E-state index contributed by atoms with van der Waals surface area (Å²) in [7, 11) is 0. The molecule has 2 nitrogen and oxygen atoms in total. The van der Waals surface area contributed by atoms with E-state index in [0.717, 1.165) is 41.5 Å². The third-order valence-corrected chi connectivity index (χ3v) is 5.32. The first-order chi connectivity index (χ1) is 11.3. The monoisotopic (exact) mass is 304 g/mol. The molecular formula is C21H20O2. The molecule has 0 aromatic heterocycles. The fourth-order valence-corrected chi connectivity index (χ4v) is 4.28. The van der Waals surface area contributed by atoms with E-state index in [2.05, 4.69) is 12.1 Å². The molecule has 1 saturated carbocycles. The minimum absolute atomic E-state index is 0.118. The molecule has 0 N–H and O–H groups in total. The van der Waals surface area contributed by atoms with Crippen molar-refractivity contribution in [1.82, 2.24) is 0 Å². The second-order valence-corrected chi connectivity index (χ2v) is 6.73. The van der Waals surface area contributed by atoms with Crippen molar-refractivity contribution in [3.63, 3.8) is 0 Å². The summed E-state index contributed by atoms with van der Waals surface area (Å²) in [5, 5.41) is 0. The molecule has 1 atom stereocenters. The highest BCUT2D eigenvalue weighted by Gasteiger charge is 2.36. The van der Waals surface area contributed by atoms with E-state index in [1.165, 1.54) is 0 Å². The molecule has 0 amide bonds. The van der Waals surface area contributed by atoms with Gasteiger partial charge in [0.05, 0.1) is 0 Å². The molecule has 23 heavy (non-hydrogen) atoms. The van der Waals surface area contributed by atoms with Crippen LogP contribution in [0.3, 0.4) is 0 Å². The van der Waals surface area contributed by atoms with E-state index < -0.39 is 0 Å². The van der Waals surface area contributed by atoms with Gasteiger partial charge in [0.2, 0.25) is 0 Å². The summed E-state index contributed by atoms with van der Waals surface area (Å²) in [4.78, 5) is 25.0. The molecule has 0 radical (unpaired) electrons. The summed E-state index contributed by atoms with van der Waals surface area (Å²) in [6.45, 7) is 0. The fourth-order valence-electron chi connectivity index (χ4n) is 4.28. The van der Waals surface area contributed by atoms with E-state index in [0.29, 0.717) is 24.5 Å². The molecule has 0 aliphatic heterocycles. The van der Waals surface area contributed by atoms with Gasteiger partial charge in [0.25, 0.3) is 0 Å². The Kier molecular flexibility index (Phi) is 3.60. The van der Waals surface area contributed by atoms with Gasteiger partial charge in [-0.15, -0.1) is 0 Å². The van der Waals surface area contributed by atoms with Crippen LogP contribution in [0, 0.1) is 5.92 Å². The molecule has 0 spiro atoms. The van der Waals surface area contributed by atoms with Crippen LogP contribution < -0.4 is 0 Å². The second-order valence-electron chi connectivity index (χ2n) is 6.73. The Morgan fingerprint density at radius 1 is 0.783 bits per heavy atom. The molecule has 2 heteroatoms. The van der Waals surface area contributed by atoms with Gasteiger partial charge in [-0.1, -0.05) is 55.0 Å². The molecule has 0 saturated heterocycles. The highest BCUT2D eigenvalue weighted by Crippen LogP contribution is 2.44. The van der Waals surface area contributed by atoms with Gasteiger partial charge in [0.1, 0.15) is 5.78 Å². The maximum Gasteiger partial charge on any atom is 0.193 e. The quantitative estimate of drug-likeness (QED) is 0.726. The summed E-state index contributed by atoms with van der Waals surface area (Å²) in [5.74, 6) is 0.967. The first-order valence-corrected chi connectivity index (χ1v) is 8.50. The van der Waals surface area contributed by atoms with E-state index in [9.17, 15) is 9.59 Å². The van der Waals surface area contributed by atoms with Crippen LogP contribution >= 0.6 is 0 Å². The average Bonchev–Trinajstić information content (AvgIpc) is 2.80. The third kappa shape index (κ3) is 2.42. The van der Waals surface area contributed by atoms with E-state index in [-0.39, 0.29) is 11.7 Å². The first kappa shape index (κ1) is 14.4. The fraction of sp³-hybridized carbons (Fsp3) is 0.333. The molecule has 2 aliphatic carbocycles. The molecule has 0 unspecified atom stereocenters. The average molecular weight is 304 g/mol. The van der Waals surface area contributed by atoms with Gasteiger partial charge in [0, 0.05) is 29.9 Å². The topological polar surface area (TPSA) is 34.1 Å². The number of ketones is 2. The van der Waals surface area contributed by atoms with Gasteiger partial charge in [-0.05, 0) is 29.9 Å². The van der Waals surface area contributed by atoms with Crippen LogP contribution in [0.4, 0.5) is 0 Å². The van der Waals surface area contributed by atoms with E-state index in [1.54, 1.807) is 0 Å². The smallest absolute Gasteiger partial charge is 0.193 e. The van der Waals surface area contributed by atoms with Crippen molar-refractivity contribution in [3.8, 4) is 0 Å². The number of fused-ring (bicyclic) bond motifs is 2. The predicted molar refractivity (Wildman–Crippen MR) is 89.7 cm³/mol.